The normalized spacial score (nSPS) is 10.2. The molecule has 2 N–H and O–H groups in total. The van der Waals surface area contributed by atoms with Crippen molar-refractivity contribution in [2.75, 3.05) is 11.9 Å². The molecule has 1 heterocycles. The molecule has 0 saturated heterocycles. The van der Waals surface area contributed by atoms with Crippen molar-refractivity contribution >= 4 is 11.6 Å². The number of hydrogen-bond donors (Lipinski definition) is 2. The molecule has 1 aromatic carbocycles. The maximum atomic E-state index is 13.0. The molecule has 0 atom stereocenters. The Hall–Kier alpha value is -2.27. The second-order valence-corrected chi connectivity index (χ2v) is 3.97. The van der Waals surface area contributed by atoms with Crippen LogP contribution in [0, 0.1) is 5.82 Å². The van der Waals surface area contributed by atoms with Crippen LogP contribution < -0.4 is 5.32 Å². The average molecular weight is 260 g/mol. The van der Waals surface area contributed by atoms with Gasteiger partial charge in [0.2, 0.25) is 0 Å². The summed E-state index contributed by atoms with van der Waals surface area (Å²) in [5, 5.41) is 11.4. The molecule has 0 fully saturated rings. The summed E-state index contributed by atoms with van der Waals surface area (Å²) < 4.78 is 13.0. The number of hydrogen-bond acceptors (Lipinski definition) is 3. The van der Waals surface area contributed by atoms with Crippen LogP contribution in [0.15, 0.2) is 42.6 Å². The lowest BCUT2D eigenvalue weighted by Crippen LogP contribution is -2.12. The van der Waals surface area contributed by atoms with Gasteiger partial charge in [0.05, 0.1) is 0 Å². The fraction of sp³-hybridized carbons (Fsp3) is 0.143. The highest BCUT2D eigenvalue weighted by molar-refractivity contribution is 6.04. The number of nitrogens with one attached hydrogen (secondary N) is 1. The van der Waals surface area contributed by atoms with Gasteiger partial charge in [0.15, 0.2) is 0 Å². The lowest BCUT2D eigenvalue weighted by molar-refractivity contribution is 0.102. The summed E-state index contributed by atoms with van der Waals surface area (Å²) in [6.45, 7) is -0.0258. The van der Waals surface area contributed by atoms with Crippen molar-refractivity contribution in [1.82, 2.24) is 4.98 Å². The summed E-state index contributed by atoms with van der Waals surface area (Å²) in [7, 11) is 0. The van der Waals surface area contributed by atoms with Crippen LogP contribution >= 0.6 is 0 Å². The molecule has 98 valence electrons. The monoisotopic (exact) mass is 260 g/mol. The highest BCUT2D eigenvalue weighted by Gasteiger charge is 2.07. The number of carbonyl (C=O) groups is 1. The maximum Gasteiger partial charge on any atom is 0.255 e. The van der Waals surface area contributed by atoms with Crippen molar-refractivity contribution in [2.24, 2.45) is 0 Å². The van der Waals surface area contributed by atoms with Crippen molar-refractivity contribution in [3.63, 3.8) is 0 Å². The van der Waals surface area contributed by atoms with Gasteiger partial charge in [-0.2, -0.15) is 0 Å². The summed E-state index contributed by atoms with van der Waals surface area (Å²) in [4.78, 5) is 16.0. The number of pyridine rings is 1. The summed E-state index contributed by atoms with van der Waals surface area (Å²) in [5.41, 5.74) is 1.45. The first-order chi connectivity index (χ1) is 9.19. The number of aliphatic hydroxyl groups excluding tert-OH is 1. The van der Waals surface area contributed by atoms with Gasteiger partial charge < -0.3 is 10.4 Å². The highest BCUT2D eigenvalue weighted by atomic mass is 19.1. The van der Waals surface area contributed by atoms with E-state index in [-0.39, 0.29) is 12.5 Å². The average Bonchev–Trinajstić information content (AvgIpc) is 2.39. The molecule has 0 aliphatic rings. The van der Waals surface area contributed by atoms with E-state index in [1.807, 2.05) is 0 Å². The van der Waals surface area contributed by atoms with Crippen LogP contribution in [0.1, 0.15) is 16.1 Å². The zero-order valence-electron chi connectivity index (χ0n) is 10.1. The zero-order valence-corrected chi connectivity index (χ0v) is 10.1. The third-order valence-electron chi connectivity index (χ3n) is 2.53. The fourth-order valence-corrected chi connectivity index (χ4v) is 1.64. The minimum absolute atomic E-state index is 0.0258. The highest BCUT2D eigenvalue weighted by Crippen LogP contribution is 2.11. The molecular weight excluding hydrogens is 247 g/mol. The number of carbonyl (C=O) groups excluding carboxylic acids is 1. The van der Waals surface area contributed by atoms with Crippen molar-refractivity contribution in [1.29, 1.82) is 0 Å². The smallest absolute Gasteiger partial charge is 0.255 e. The predicted octanol–water partition coefficient (Wildman–Crippen LogP) is 2.01. The van der Waals surface area contributed by atoms with E-state index in [9.17, 15) is 9.18 Å². The molecular formula is C14H13FN2O2. The first-order valence-electron chi connectivity index (χ1n) is 5.82. The molecule has 1 aromatic heterocycles. The lowest BCUT2D eigenvalue weighted by Gasteiger charge is -2.06. The summed E-state index contributed by atoms with van der Waals surface area (Å²) >= 11 is 0. The van der Waals surface area contributed by atoms with E-state index in [4.69, 9.17) is 5.11 Å². The van der Waals surface area contributed by atoms with Crippen LogP contribution in [0.3, 0.4) is 0 Å². The van der Waals surface area contributed by atoms with Crippen molar-refractivity contribution in [3.8, 4) is 0 Å². The lowest BCUT2D eigenvalue weighted by atomic mass is 10.2. The van der Waals surface area contributed by atoms with Crippen LogP contribution in [0.2, 0.25) is 0 Å². The summed E-state index contributed by atoms with van der Waals surface area (Å²) in [6, 6.07) is 8.85. The van der Waals surface area contributed by atoms with Crippen molar-refractivity contribution < 1.29 is 14.3 Å². The molecule has 5 heteroatoms. The number of anilines is 1. The van der Waals surface area contributed by atoms with Gasteiger partial charge in [-0.3, -0.25) is 9.78 Å². The molecule has 4 nitrogen and oxygen atoms in total. The molecule has 0 unspecified atom stereocenters. The van der Waals surface area contributed by atoms with E-state index in [0.29, 0.717) is 23.4 Å². The third-order valence-corrected chi connectivity index (χ3v) is 2.53. The molecule has 1 amide bonds. The van der Waals surface area contributed by atoms with E-state index in [1.54, 1.807) is 18.2 Å². The molecule has 2 rings (SSSR count). The van der Waals surface area contributed by atoms with Crippen LogP contribution in [0.25, 0.3) is 0 Å². The number of amides is 1. The number of aromatic nitrogens is 1. The molecule has 0 aliphatic carbocycles. The first-order valence-corrected chi connectivity index (χ1v) is 5.82. The fourth-order valence-electron chi connectivity index (χ4n) is 1.64. The second kappa shape index (κ2) is 6.06. The Labute approximate surface area is 109 Å². The Morgan fingerprint density at radius 1 is 1.32 bits per heavy atom. The Balaban J connectivity index is 2.13. The van der Waals surface area contributed by atoms with Gasteiger partial charge in [-0.1, -0.05) is 6.07 Å². The van der Waals surface area contributed by atoms with E-state index < -0.39 is 5.82 Å². The van der Waals surface area contributed by atoms with Gasteiger partial charge in [0.1, 0.15) is 5.82 Å². The molecule has 0 radical (unpaired) electrons. The van der Waals surface area contributed by atoms with Crippen molar-refractivity contribution in [3.05, 3.63) is 59.7 Å². The minimum atomic E-state index is -0.409. The van der Waals surface area contributed by atoms with Gasteiger partial charge in [-0.15, -0.1) is 0 Å². The molecule has 2 aromatic rings. The van der Waals surface area contributed by atoms with Gasteiger partial charge in [-0.25, -0.2) is 4.39 Å². The molecule has 19 heavy (non-hydrogen) atoms. The van der Waals surface area contributed by atoms with E-state index >= 15 is 0 Å². The largest absolute Gasteiger partial charge is 0.396 e. The maximum absolute atomic E-state index is 13.0. The topological polar surface area (TPSA) is 62.2 Å². The van der Waals surface area contributed by atoms with Crippen LogP contribution in [0.5, 0.6) is 0 Å². The van der Waals surface area contributed by atoms with Crippen LogP contribution in [0.4, 0.5) is 10.1 Å². The first kappa shape index (κ1) is 13.2. The van der Waals surface area contributed by atoms with E-state index in [0.717, 1.165) is 0 Å². The Morgan fingerprint density at radius 3 is 2.89 bits per heavy atom. The number of aliphatic hydroxyl groups is 1. The van der Waals surface area contributed by atoms with E-state index in [2.05, 4.69) is 10.3 Å². The van der Waals surface area contributed by atoms with Crippen molar-refractivity contribution in [2.45, 2.75) is 6.42 Å². The Bertz CT molecular complexity index is 587. The van der Waals surface area contributed by atoms with Gasteiger partial charge in [-0.05, 0) is 30.3 Å². The standard InChI is InChI=1S/C14H13FN2O2/c15-11-2-1-3-13(9-11)17-14(19)10-4-6-16-12(8-10)5-7-18/h1-4,6,8-9,18H,5,7H2,(H,17,19). The SMILES string of the molecule is O=C(Nc1cccc(F)c1)c1ccnc(CCO)c1. The number of rotatable bonds is 4. The summed E-state index contributed by atoms with van der Waals surface area (Å²) in [6.07, 6.45) is 1.90. The van der Waals surface area contributed by atoms with E-state index in [1.165, 1.54) is 24.4 Å². The quantitative estimate of drug-likeness (QED) is 0.884. The van der Waals surface area contributed by atoms with Crippen LogP contribution in [-0.2, 0) is 6.42 Å². The molecule has 0 aliphatic heterocycles. The molecule has 0 spiro atoms. The number of halogens is 1. The predicted molar refractivity (Wildman–Crippen MR) is 69.4 cm³/mol. The Kier molecular flexibility index (Phi) is 4.20. The number of benzene rings is 1. The molecule has 0 saturated carbocycles. The molecule has 0 bridgehead atoms. The minimum Gasteiger partial charge on any atom is -0.396 e. The van der Waals surface area contributed by atoms with Gasteiger partial charge in [0.25, 0.3) is 5.91 Å². The zero-order chi connectivity index (χ0) is 13.7. The number of nitrogens with zero attached hydrogens (tertiary/aromatic N) is 1. The Morgan fingerprint density at radius 2 is 2.16 bits per heavy atom. The van der Waals surface area contributed by atoms with Gasteiger partial charge >= 0.3 is 0 Å². The summed E-state index contributed by atoms with van der Waals surface area (Å²) in [5.74, 6) is -0.749. The van der Waals surface area contributed by atoms with Gasteiger partial charge in [0, 0.05) is 36.2 Å². The second-order valence-electron chi connectivity index (χ2n) is 3.97. The third kappa shape index (κ3) is 3.59. The van der Waals surface area contributed by atoms with Crippen LogP contribution in [-0.4, -0.2) is 22.6 Å².